The zero-order valence-corrected chi connectivity index (χ0v) is 13.0. The maximum atomic E-state index is 12.1. The van der Waals surface area contributed by atoms with Crippen LogP contribution in [0.5, 0.6) is 5.75 Å². The highest BCUT2D eigenvalue weighted by molar-refractivity contribution is 9.10. The molecule has 112 valence electrons. The summed E-state index contributed by atoms with van der Waals surface area (Å²) in [6.07, 6.45) is 5.02. The maximum Gasteiger partial charge on any atom is 0.284 e. The number of carbonyl (C=O) groups excluding carboxylic acids is 1. The minimum absolute atomic E-state index is 0.0914. The largest absolute Gasteiger partial charge is 0.495 e. The van der Waals surface area contributed by atoms with Crippen LogP contribution in [0.25, 0.3) is 11.8 Å². The van der Waals surface area contributed by atoms with Crippen LogP contribution in [0.15, 0.2) is 35.1 Å². The Bertz CT molecular complexity index is 825. The molecule has 0 unspecified atom stereocenters. The molecule has 0 aliphatic carbocycles. The Morgan fingerprint density at radius 2 is 2.18 bits per heavy atom. The lowest BCUT2D eigenvalue weighted by Gasteiger charge is -2.03. The molecule has 1 amide bonds. The van der Waals surface area contributed by atoms with Gasteiger partial charge in [0.25, 0.3) is 11.6 Å². The molecule has 0 bridgehead atoms. The number of amides is 1. The second-order valence-electron chi connectivity index (χ2n) is 4.57. The highest BCUT2D eigenvalue weighted by Crippen LogP contribution is 2.42. The van der Waals surface area contributed by atoms with Crippen LogP contribution in [-0.4, -0.2) is 22.5 Å². The second kappa shape index (κ2) is 5.30. The van der Waals surface area contributed by atoms with Crippen molar-refractivity contribution in [2.75, 3.05) is 12.4 Å². The summed E-state index contributed by atoms with van der Waals surface area (Å²) in [5.74, 6) is 0.331. The highest BCUT2D eigenvalue weighted by Gasteiger charge is 2.30. The van der Waals surface area contributed by atoms with E-state index < -0.39 is 4.92 Å². The molecule has 1 aliphatic heterocycles. The fourth-order valence-corrected chi connectivity index (χ4v) is 2.95. The Morgan fingerprint density at radius 1 is 1.41 bits per heavy atom. The van der Waals surface area contributed by atoms with Gasteiger partial charge in [0.2, 0.25) is 0 Å². The average Bonchev–Trinajstić information content (AvgIpc) is 3.05. The third kappa shape index (κ3) is 2.27. The van der Waals surface area contributed by atoms with E-state index in [-0.39, 0.29) is 16.1 Å². The van der Waals surface area contributed by atoms with Gasteiger partial charge in [-0.2, -0.15) is 0 Å². The summed E-state index contributed by atoms with van der Waals surface area (Å²) in [6.45, 7) is 0. The average molecular weight is 364 g/mol. The van der Waals surface area contributed by atoms with Gasteiger partial charge in [-0.05, 0) is 28.1 Å². The zero-order valence-electron chi connectivity index (χ0n) is 11.4. The van der Waals surface area contributed by atoms with Gasteiger partial charge in [-0.15, -0.1) is 0 Å². The Balaban J connectivity index is 2.14. The number of aromatic nitrogens is 1. The predicted molar refractivity (Wildman–Crippen MR) is 84.6 cm³/mol. The van der Waals surface area contributed by atoms with Gasteiger partial charge in [0.1, 0.15) is 10.2 Å². The summed E-state index contributed by atoms with van der Waals surface area (Å²) in [4.78, 5) is 22.7. The predicted octanol–water partition coefficient (Wildman–Crippen LogP) is 3.12. The SMILES string of the molecule is COc1ccn(C=C2C(=O)Nc3ccc([N+](=O)[O-])c(Br)c32)c1. The van der Waals surface area contributed by atoms with Crippen LogP contribution in [0.1, 0.15) is 5.56 Å². The minimum atomic E-state index is -0.497. The number of nitro benzene ring substituents is 1. The van der Waals surface area contributed by atoms with Gasteiger partial charge in [-0.25, -0.2) is 0 Å². The fraction of sp³-hybridized carbons (Fsp3) is 0.0714. The number of hydrogen-bond donors (Lipinski definition) is 1. The quantitative estimate of drug-likeness (QED) is 0.515. The van der Waals surface area contributed by atoms with E-state index in [0.717, 1.165) is 0 Å². The summed E-state index contributed by atoms with van der Waals surface area (Å²) in [5, 5.41) is 13.7. The van der Waals surface area contributed by atoms with Crippen molar-refractivity contribution >= 4 is 45.0 Å². The maximum absolute atomic E-state index is 12.1. The number of anilines is 1. The van der Waals surface area contributed by atoms with Crippen molar-refractivity contribution in [2.45, 2.75) is 0 Å². The fourth-order valence-electron chi connectivity index (χ4n) is 2.24. The molecule has 22 heavy (non-hydrogen) atoms. The van der Waals surface area contributed by atoms with Gasteiger partial charge in [0.15, 0.2) is 0 Å². The van der Waals surface area contributed by atoms with Gasteiger partial charge >= 0.3 is 0 Å². The molecule has 0 spiro atoms. The molecule has 0 saturated heterocycles. The second-order valence-corrected chi connectivity index (χ2v) is 5.37. The zero-order chi connectivity index (χ0) is 15.9. The third-order valence-corrected chi connectivity index (χ3v) is 4.08. The number of halogens is 1. The molecule has 1 aromatic heterocycles. The molecular weight excluding hydrogens is 354 g/mol. The number of methoxy groups -OCH3 is 1. The lowest BCUT2D eigenvalue weighted by atomic mass is 10.1. The normalized spacial score (nSPS) is 14.8. The molecule has 2 heterocycles. The van der Waals surface area contributed by atoms with Crippen molar-refractivity contribution in [1.82, 2.24) is 4.57 Å². The Hall–Kier alpha value is -2.61. The number of benzene rings is 1. The Morgan fingerprint density at radius 3 is 2.82 bits per heavy atom. The van der Waals surface area contributed by atoms with Crippen LogP contribution in [0.2, 0.25) is 0 Å². The third-order valence-electron chi connectivity index (χ3n) is 3.28. The summed E-state index contributed by atoms with van der Waals surface area (Å²) >= 11 is 3.22. The van der Waals surface area contributed by atoms with Crippen LogP contribution >= 0.6 is 15.9 Å². The first-order valence-corrected chi connectivity index (χ1v) is 7.02. The van der Waals surface area contributed by atoms with Gasteiger partial charge in [0.05, 0.1) is 29.5 Å². The van der Waals surface area contributed by atoms with Crippen molar-refractivity contribution in [3.05, 3.63) is 50.7 Å². The molecular formula is C14H10BrN3O4. The topological polar surface area (TPSA) is 86.4 Å². The summed E-state index contributed by atoms with van der Waals surface area (Å²) in [6, 6.07) is 4.62. The van der Waals surface area contributed by atoms with Crippen molar-refractivity contribution in [1.29, 1.82) is 0 Å². The highest BCUT2D eigenvalue weighted by atomic mass is 79.9. The molecule has 2 aromatic rings. The number of nitrogens with one attached hydrogen (secondary N) is 1. The lowest BCUT2D eigenvalue weighted by molar-refractivity contribution is -0.385. The molecule has 7 nitrogen and oxygen atoms in total. The molecule has 1 aromatic carbocycles. The standard InChI is InChI=1S/C14H10BrN3O4/c1-22-8-4-5-17(6-8)7-9-12-10(16-14(9)19)2-3-11(13(12)15)18(20)21/h2-7H,1H3,(H,16,19). The number of fused-ring (bicyclic) bond motifs is 1. The van der Waals surface area contributed by atoms with Gasteiger partial charge < -0.3 is 14.6 Å². The van der Waals surface area contributed by atoms with Gasteiger partial charge in [-0.1, -0.05) is 0 Å². The van der Waals surface area contributed by atoms with E-state index >= 15 is 0 Å². The number of carbonyl (C=O) groups is 1. The molecule has 1 N–H and O–H groups in total. The van der Waals surface area contributed by atoms with Crippen molar-refractivity contribution in [3.63, 3.8) is 0 Å². The number of ether oxygens (including phenoxy) is 1. The van der Waals surface area contributed by atoms with E-state index in [1.54, 1.807) is 36.3 Å². The summed E-state index contributed by atoms with van der Waals surface area (Å²) < 4.78 is 7.02. The summed E-state index contributed by atoms with van der Waals surface area (Å²) in [5.41, 5.74) is 1.26. The van der Waals surface area contributed by atoms with E-state index in [4.69, 9.17) is 4.74 Å². The van der Waals surface area contributed by atoms with Crippen molar-refractivity contribution < 1.29 is 14.5 Å². The van der Waals surface area contributed by atoms with E-state index in [9.17, 15) is 14.9 Å². The van der Waals surface area contributed by atoms with Crippen LogP contribution in [-0.2, 0) is 4.79 Å². The number of nitro groups is 1. The van der Waals surface area contributed by atoms with Gasteiger partial charge in [-0.3, -0.25) is 14.9 Å². The molecule has 0 radical (unpaired) electrons. The molecule has 8 heteroatoms. The smallest absolute Gasteiger partial charge is 0.284 e. The Labute approximate surface area is 133 Å². The molecule has 0 atom stereocenters. The van der Waals surface area contributed by atoms with Crippen LogP contribution in [0.4, 0.5) is 11.4 Å². The monoisotopic (exact) mass is 363 g/mol. The lowest BCUT2D eigenvalue weighted by Crippen LogP contribution is -2.04. The van der Waals surface area contributed by atoms with Gasteiger partial charge in [0, 0.05) is 24.0 Å². The Kier molecular flexibility index (Phi) is 3.45. The number of nitrogens with zero attached hydrogens (tertiary/aromatic N) is 2. The van der Waals surface area contributed by atoms with Crippen molar-refractivity contribution in [2.24, 2.45) is 0 Å². The van der Waals surface area contributed by atoms with Crippen LogP contribution < -0.4 is 10.1 Å². The van der Waals surface area contributed by atoms with E-state index in [2.05, 4.69) is 21.2 Å². The first-order chi connectivity index (χ1) is 10.5. The molecule has 0 saturated carbocycles. The molecule has 3 rings (SSSR count). The van der Waals surface area contributed by atoms with Crippen molar-refractivity contribution in [3.8, 4) is 5.75 Å². The van der Waals surface area contributed by atoms with E-state index in [1.807, 2.05) is 0 Å². The van der Waals surface area contributed by atoms with E-state index in [0.29, 0.717) is 22.6 Å². The summed E-state index contributed by atoms with van der Waals surface area (Å²) in [7, 11) is 1.55. The minimum Gasteiger partial charge on any atom is -0.495 e. The van der Waals surface area contributed by atoms with Crippen LogP contribution in [0, 0.1) is 10.1 Å². The first kappa shape index (κ1) is 14.3. The van der Waals surface area contributed by atoms with E-state index in [1.165, 1.54) is 12.1 Å². The number of rotatable bonds is 3. The molecule has 0 fully saturated rings. The molecule has 1 aliphatic rings. The van der Waals surface area contributed by atoms with Crippen LogP contribution in [0.3, 0.4) is 0 Å². The number of hydrogen-bond acceptors (Lipinski definition) is 4. The first-order valence-electron chi connectivity index (χ1n) is 6.23.